The number of aryl methyl sites for hydroxylation is 2. The average molecular weight is 364 g/mol. The summed E-state index contributed by atoms with van der Waals surface area (Å²) in [7, 11) is 1.65. The molecule has 2 rings (SSSR count). The summed E-state index contributed by atoms with van der Waals surface area (Å²) in [4.78, 5) is 8.60. The molecule has 0 aliphatic heterocycles. The van der Waals surface area contributed by atoms with Crippen molar-refractivity contribution in [1.82, 2.24) is 9.97 Å². The van der Waals surface area contributed by atoms with Gasteiger partial charge in [-0.1, -0.05) is 15.9 Å². The first-order valence-electron chi connectivity index (χ1n) is 6.25. The van der Waals surface area contributed by atoms with Crippen LogP contribution >= 0.6 is 27.7 Å². The highest BCUT2D eigenvalue weighted by molar-refractivity contribution is 9.10. The minimum Gasteiger partial charge on any atom is -0.496 e. The SMILES string of the molecule is COc1ccc(Br)cc1CSc1nc(C)nc(C)c1C#N. The normalized spacial score (nSPS) is 10.2. The molecular weight excluding hydrogens is 350 g/mol. The molecule has 0 amide bonds. The van der Waals surface area contributed by atoms with Crippen molar-refractivity contribution >= 4 is 27.7 Å². The third-order valence-electron chi connectivity index (χ3n) is 2.89. The third kappa shape index (κ3) is 3.74. The molecule has 1 aromatic carbocycles. The predicted molar refractivity (Wildman–Crippen MR) is 86.5 cm³/mol. The van der Waals surface area contributed by atoms with Crippen molar-refractivity contribution in [3.05, 3.63) is 45.3 Å². The van der Waals surface area contributed by atoms with Crippen molar-refractivity contribution in [2.45, 2.75) is 24.6 Å². The molecule has 0 spiro atoms. The Labute approximate surface area is 136 Å². The zero-order valence-electron chi connectivity index (χ0n) is 12.0. The Morgan fingerprint density at radius 2 is 2.10 bits per heavy atom. The molecular formula is C15H14BrN3OS. The van der Waals surface area contributed by atoms with Crippen molar-refractivity contribution in [3.63, 3.8) is 0 Å². The van der Waals surface area contributed by atoms with Crippen LogP contribution in [-0.4, -0.2) is 17.1 Å². The Hall–Kier alpha value is -1.58. The van der Waals surface area contributed by atoms with Crippen molar-refractivity contribution in [2.24, 2.45) is 0 Å². The standard InChI is InChI=1S/C15H14BrN3OS/c1-9-13(7-17)15(19-10(2)18-9)21-8-11-6-12(16)4-5-14(11)20-3/h4-6H,8H2,1-3H3. The van der Waals surface area contributed by atoms with E-state index in [9.17, 15) is 5.26 Å². The lowest BCUT2D eigenvalue weighted by Crippen LogP contribution is -1.99. The van der Waals surface area contributed by atoms with Crippen LogP contribution in [0.5, 0.6) is 5.75 Å². The van der Waals surface area contributed by atoms with Crippen molar-refractivity contribution < 1.29 is 4.74 Å². The lowest BCUT2D eigenvalue weighted by molar-refractivity contribution is 0.411. The van der Waals surface area contributed by atoms with E-state index < -0.39 is 0 Å². The van der Waals surface area contributed by atoms with Gasteiger partial charge in [0.15, 0.2) is 0 Å². The van der Waals surface area contributed by atoms with Gasteiger partial charge in [-0.2, -0.15) is 5.26 Å². The monoisotopic (exact) mass is 363 g/mol. The van der Waals surface area contributed by atoms with E-state index in [1.54, 1.807) is 7.11 Å². The molecule has 0 aliphatic rings. The number of ether oxygens (including phenoxy) is 1. The quantitative estimate of drug-likeness (QED) is 0.606. The molecule has 1 aromatic heterocycles. The van der Waals surface area contributed by atoms with Gasteiger partial charge >= 0.3 is 0 Å². The molecule has 0 N–H and O–H groups in total. The van der Waals surface area contributed by atoms with Crippen LogP contribution in [0.15, 0.2) is 27.7 Å². The van der Waals surface area contributed by atoms with Crippen molar-refractivity contribution in [2.75, 3.05) is 7.11 Å². The fraction of sp³-hybridized carbons (Fsp3) is 0.267. The highest BCUT2D eigenvalue weighted by Crippen LogP contribution is 2.31. The molecule has 0 bridgehead atoms. The molecule has 0 unspecified atom stereocenters. The van der Waals surface area contributed by atoms with Crippen LogP contribution in [0.4, 0.5) is 0 Å². The van der Waals surface area contributed by atoms with Gasteiger partial charge in [-0.05, 0) is 32.0 Å². The lowest BCUT2D eigenvalue weighted by Gasteiger charge is -2.10. The van der Waals surface area contributed by atoms with E-state index >= 15 is 0 Å². The minimum absolute atomic E-state index is 0.541. The van der Waals surface area contributed by atoms with E-state index in [2.05, 4.69) is 32.0 Å². The van der Waals surface area contributed by atoms with Gasteiger partial charge in [-0.3, -0.25) is 0 Å². The van der Waals surface area contributed by atoms with Gasteiger partial charge in [0.1, 0.15) is 28.2 Å². The second-order valence-electron chi connectivity index (χ2n) is 4.39. The van der Waals surface area contributed by atoms with E-state index in [0.717, 1.165) is 15.8 Å². The molecule has 0 atom stereocenters. The number of hydrogen-bond acceptors (Lipinski definition) is 5. The van der Waals surface area contributed by atoms with E-state index in [0.29, 0.717) is 27.9 Å². The van der Waals surface area contributed by atoms with Crippen LogP contribution < -0.4 is 4.74 Å². The van der Waals surface area contributed by atoms with Gasteiger partial charge in [0, 0.05) is 15.8 Å². The van der Waals surface area contributed by atoms with Crippen molar-refractivity contribution in [1.29, 1.82) is 5.26 Å². The van der Waals surface area contributed by atoms with Crippen LogP contribution in [0.25, 0.3) is 0 Å². The number of nitrogens with zero attached hydrogens (tertiary/aromatic N) is 3. The van der Waals surface area contributed by atoms with Gasteiger partial charge in [0.05, 0.1) is 12.8 Å². The van der Waals surface area contributed by atoms with Crippen LogP contribution in [0.3, 0.4) is 0 Å². The zero-order chi connectivity index (χ0) is 15.4. The fourth-order valence-electron chi connectivity index (χ4n) is 1.92. The second-order valence-corrected chi connectivity index (χ2v) is 6.27. The maximum absolute atomic E-state index is 9.26. The van der Waals surface area contributed by atoms with Crippen LogP contribution in [-0.2, 0) is 5.75 Å². The fourth-order valence-corrected chi connectivity index (χ4v) is 3.38. The Morgan fingerprint density at radius 3 is 2.76 bits per heavy atom. The number of rotatable bonds is 4. The number of thioether (sulfide) groups is 1. The lowest BCUT2D eigenvalue weighted by atomic mass is 10.2. The Balaban J connectivity index is 2.29. The summed E-state index contributed by atoms with van der Waals surface area (Å²) in [6, 6.07) is 8.05. The first kappa shape index (κ1) is 15.8. The highest BCUT2D eigenvalue weighted by atomic mass is 79.9. The zero-order valence-corrected chi connectivity index (χ0v) is 14.4. The van der Waals surface area contributed by atoms with Gasteiger partial charge in [-0.25, -0.2) is 9.97 Å². The Bertz CT molecular complexity index is 713. The third-order valence-corrected chi connectivity index (χ3v) is 4.40. The minimum atomic E-state index is 0.541. The summed E-state index contributed by atoms with van der Waals surface area (Å²) in [5, 5.41) is 9.97. The topological polar surface area (TPSA) is 58.8 Å². The average Bonchev–Trinajstić information content (AvgIpc) is 2.44. The van der Waals surface area contributed by atoms with Crippen LogP contribution in [0, 0.1) is 25.2 Å². The van der Waals surface area contributed by atoms with Gasteiger partial charge in [0.25, 0.3) is 0 Å². The molecule has 0 saturated carbocycles. The van der Waals surface area contributed by atoms with E-state index in [4.69, 9.17) is 4.74 Å². The molecule has 1 heterocycles. The summed E-state index contributed by atoms with van der Waals surface area (Å²) in [5.74, 6) is 2.18. The molecule has 4 nitrogen and oxygen atoms in total. The van der Waals surface area contributed by atoms with Gasteiger partial charge < -0.3 is 4.74 Å². The number of benzene rings is 1. The molecule has 0 saturated heterocycles. The van der Waals surface area contributed by atoms with E-state index in [1.807, 2.05) is 32.0 Å². The number of halogens is 1. The summed E-state index contributed by atoms with van der Waals surface area (Å²) in [5.41, 5.74) is 2.31. The second kappa shape index (κ2) is 6.92. The van der Waals surface area contributed by atoms with Crippen LogP contribution in [0.2, 0.25) is 0 Å². The van der Waals surface area contributed by atoms with Crippen LogP contribution in [0.1, 0.15) is 22.6 Å². The van der Waals surface area contributed by atoms with Gasteiger partial charge in [-0.15, -0.1) is 11.8 Å². The number of hydrogen-bond donors (Lipinski definition) is 0. The van der Waals surface area contributed by atoms with E-state index in [-0.39, 0.29) is 0 Å². The predicted octanol–water partition coefficient (Wildman–Crippen LogP) is 4.03. The highest BCUT2D eigenvalue weighted by Gasteiger charge is 2.12. The Kier molecular flexibility index (Phi) is 5.21. The molecule has 2 aromatic rings. The summed E-state index contributed by atoms with van der Waals surface area (Å²) >= 11 is 4.98. The number of aromatic nitrogens is 2. The summed E-state index contributed by atoms with van der Waals surface area (Å²) in [6.07, 6.45) is 0. The number of nitriles is 1. The van der Waals surface area contributed by atoms with E-state index in [1.165, 1.54) is 11.8 Å². The molecule has 108 valence electrons. The molecule has 6 heteroatoms. The summed E-state index contributed by atoms with van der Waals surface area (Å²) in [6.45, 7) is 3.66. The number of methoxy groups -OCH3 is 1. The smallest absolute Gasteiger partial charge is 0.126 e. The maximum atomic E-state index is 9.26. The first-order valence-corrected chi connectivity index (χ1v) is 8.03. The maximum Gasteiger partial charge on any atom is 0.126 e. The van der Waals surface area contributed by atoms with Crippen molar-refractivity contribution in [3.8, 4) is 11.8 Å². The molecule has 0 fully saturated rings. The Morgan fingerprint density at radius 1 is 1.33 bits per heavy atom. The molecule has 0 radical (unpaired) electrons. The first-order chi connectivity index (χ1) is 10.0. The molecule has 21 heavy (non-hydrogen) atoms. The largest absolute Gasteiger partial charge is 0.496 e. The van der Waals surface area contributed by atoms with Gasteiger partial charge in [0.2, 0.25) is 0 Å². The summed E-state index contributed by atoms with van der Waals surface area (Å²) < 4.78 is 6.36. The molecule has 0 aliphatic carbocycles.